The molecule has 0 unspecified atom stereocenters. The summed E-state index contributed by atoms with van der Waals surface area (Å²) in [5.41, 5.74) is 3.27. The van der Waals surface area contributed by atoms with Crippen molar-refractivity contribution in [3.8, 4) is 17.2 Å². The molecule has 1 amide bonds. The molecule has 1 aromatic heterocycles. The smallest absolute Gasteiger partial charge is 0.248 e. The van der Waals surface area contributed by atoms with Crippen molar-refractivity contribution in [2.45, 2.75) is 20.8 Å². The average molecular weight is 393 g/mol. The Morgan fingerprint density at radius 3 is 2.62 bits per heavy atom. The van der Waals surface area contributed by atoms with Crippen LogP contribution in [0, 0.1) is 6.92 Å². The van der Waals surface area contributed by atoms with Crippen LogP contribution in [-0.2, 0) is 4.79 Å². The molecule has 0 aliphatic heterocycles. The number of nitrogens with one attached hydrogen (secondary N) is 1. The number of hydrogen-bond acceptors (Lipinski definition) is 6. The van der Waals surface area contributed by atoms with Crippen LogP contribution in [0.5, 0.6) is 11.5 Å². The zero-order valence-corrected chi connectivity index (χ0v) is 16.6. The van der Waals surface area contributed by atoms with Crippen LogP contribution < -0.4 is 14.8 Å². The highest BCUT2D eigenvalue weighted by molar-refractivity contribution is 6.02. The molecule has 0 aliphatic rings. The second-order valence-corrected chi connectivity index (χ2v) is 6.15. The molecule has 0 bridgehead atoms. The van der Waals surface area contributed by atoms with Crippen molar-refractivity contribution in [2.75, 3.05) is 18.5 Å². The number of benzene rings is 2. The third kappa shape index (κ3) is 5.19. The largest absolute Gasteiger partial charge is 0.490 e. The molecule has 0 fully saturated rings. The molecule has 8 nitrogen and oxygen atoms in total. The number of aryl methyl sites for hydroxylation is 1. The van der Waals surface area contributed by atoms with Crippen LogP contribution in [0.4, 0.5) is 5.69 Å². The maximum atomic E-state index is 12.3. The molecule has 0 atom stereocenters. The molecule has 1 heterocycles. The Labute approximate surface area is 169 Å². The molecular weight excluding hydrogens is 370 g/mol. The summed E-state index contributed by atoms with van der Waals surface area (Å²) < 4.78 is 12.7. The third-order valence-corrected chi connectivity index (χ3v) is 4.07. The molecule has 0 saturated carbocycles. The van der Waals surface area contributed by atoms with E-state index in [4.69, 9.17) is 9.47 Å². The van der Waals surface area contributed by atoms with Crippen LogP contribution in [0.25, 0.3) is 11.8 Å². The van der Waals surface area contributed by atoms with Gasteiger partial charge in [-0.1, -0.05) is 12.1 Å². The lowest BCUT2D eigenvalue weighted by Crippen LogP contribution is -2.09. The minimum Gasteiger partial charge on any atom is -0.490 e. The molecule has 1 N–H and O–H groups in total. The number of aromatic nitrogens is 4. The average Bonchev–Trinajstić information content (AvgIpc) is 3.24. The van der Waals surface area contributed by atoms with Gasteiger partial charge in [0.2, 0.25) is 5.91 Å². The van der Waals surface area contributed by atoms with Crippen LogP contribution >= 0.6 is 0 Å². The highest BCUT2D eigenvalue weighted by atomic mass is 16.5. The van der Waals surface area contributed by atoms with Crippen molar-refractivity contribution in [3.63, 3.8) is 0 Å². The molecule has 0 spiro atoms. The Balaban J connectivity index is 1.71. The SMILES string of the molecule is CCOc1ccc(/C=C/C(=O)Nc2ccc(C)c(-n3cnnn3)c2)cc1OCC. The Hall–Kier alpha value is -3.68. The van der Waals surface area contributed by atoms with Crippen molar-refractivity contribution < 1.29 is 14.3 Å². The monoisotopic (exact) mass is 393 g/mol. The summed E-state index contributed by atoms with van der Waals surface area (Å²) in [4.78, 5) is 12.3. The van der Waals surface area contributed by atoms with Crippen LogP contribution in [-0.4, -0.2) is 39.3 Å². The minimum atomic E-state index is -0.247. The highest BCUT2D eigenvalue weighted by Crippen LogP contribution is 2.29. The highest BCUT2D eigenvalue weighted by Gasteiger charge is 2.07. The first-order chi connectivity index (χ1) is 14.1. The molecule has 150 valence electrons. The van der Waals surface area contributed by atoms with E-state index in [0.717, 1.165) is 16.8 Å². The molecule has 0 aliphatic carbocycles. The molecule has 3 rings (SSSR count). The number of carbonyl (C=O) groups excluding carboxylic acids is 1. The lowest BCUT2D eigenvalue weighted by Gasteiger charge is -2.11. The number of anilines is 1. The van der Waals surface area contributed by atoms with E-state index in [-0.39, 0.29) is 5.91 Å². The van der Waals surface area contributed by atoms with Gasteiger partial charge in [0.15, 0.2) is 11.5 Å². The Kier molecular flexibility index (Phi) is 6.57. The van der Waals surface area contributed by atoms with Crippen molar-refractivity contribution in [1.82, 2.24) is 20.2 Å². The molecule has 0 radical (unpaired) electrons. The van der Waals surface area contributed by atoms with Gasteiger partial charge in [0, 0.05) is 11.8 Å². The van der Waals surface area contributed by atoms with Gasteiger partial charge in [0.25, 0.3) is 0 Å². The van der Waals surface area contributed by atoms with Gasteiger partial charge in [-0.2, -0.15) is 0 Å². The summed E-state index contributed by atoms with van der Waals surface area (Å²) in [6.07, 6.45) is 4.71. The zero-order chi connectivity index (χ0) is 20.6. The van der Waals surface area contributed by atoms with Crippen molar-refractivity contribution in [3.05, 3.63) is 59.9 Å². The van der Waals surface area contributed by atoms with Gasteiger partial charge < -0.3 is 14.8 Å². The summed E-state index contributed by atoms with van der Waals surface area (Å²) in [6, 6.07) is 11.1. The van der Waals surface area contributed by atoms with Gasteiger partial charge in [-0.05, 0) is 72.7 Å². The molecular formula is C21H23N5O3. The fraction of sp³-hybridized carbons (Fsp3) is 0.238. The summed E-state index contributed by atoms with van der Waals surface area (Å²) >= 11 is 0. The third-order valence-electron chi connectivity index (χ3n) is 4.07. The number of nitrogens with zero attached hydrogens (tertiary/aromatic N) is 4. The van der Waals surface area contributed by atoms with Gasteiger partial charge in [-0.15, -0.1) is 5.10 Å². The van der Waals surface area contributed by atoms with Gasteiger partial charge in [0.05, 0.1) is 18.9 Å². The summed E-state index contributed by atoms with van der Waals surface area (Å²) in [5, 5.41) is 14.0. The van der Waals surface area contributed by atoms with Gasteiger partial charge >= 0.3 is 0 Å². The van der Waals surface area contributed by atoms with Crippen LogP contribution in [0.2, 0.25) is 0 Å². The van der Waals surface area contributed by atoms with Crippen molar-refractivity contribution in [1.29, 1.82) is 0 Å². The molecule has 29 heavy (non-hydrogen) atoms. The maximum absolute atomic E-state index is 12.3. The first-order valence-corrected chi connectivity index (χ1v) is 9.33. The second kappa shape index (κ2) is 9.50. The fourth-order valence-corrected chi connectivity index (χ4v) is 2.73. The Bertz CT molecular complexity index is 1000. The Morgan fingerprint density at radius 2 is 1.90 bits per heavy atom. The standard InChI is InChI=1S/C21H23N5O3/c1-4-28-19-10-7-16(12-20(19)29-5-2)8-11-21(27)23-17-9-6-15(3)18(13-17)26-14-22-24-25-26/h6-14H,4-5H2,1-3H3,(H,23,27)/b11-8+. The van der Waals surface area contributed by atoms with Gasteiger partial charge in [0.1, 0.15) is 6.33 Å². The summed E-state index contributed by atoms with van der Waals surface area (Å²) in [7, 11) is 0. The maximum Gasteiger partial charge on any atom is 0.248 e. The van der Waals surface area contributed by atoms with E-state index in [1.165, 1.54) is 12.4 Å². The van der Waals surface area contributed by atoms with Crippen molar-refractivity contribution in [2.24, 2.45) is 0 Å². The molecule has 8 heteroatoms. The lowest BCUT2D eigenvalue weighted by molar-refractivity contribution is -0.111. The number of rotatable bonds is 8. The number of ether oxygens (including phenoxy) is 2. The van der Waals surface area contributed by atoms with E-state index in [1.54, 1.807) is 10.8 Å². The van der Waals surface area contributed by atoms with Gasteiger partial charge in [-0.3, -0.25) is 4.79 Å². The van der Waals surface area contributed by atoms with Crippen LogP contribution in [0.1, 0.15) is 25.0 Å². The van der Waals surface area contributed by atoms with Crippen LogP contribution in [0.15, 0.2) is 48.8 Å². The summed E-state index contributed by atoms with van der Waals surface area (Å²) in [5.74, 6) is 1.09. The van der Waals surface area contributed by atoms with E-state index in [2.05, 4.69) is 20.8 Å². The zero-order valence-electron chi connectivity index (χ0n) is 16.6. The predicted octanol–water partition coefficient (Wildman–Crippen LogP) is 3.42. The van der Waals surface area contributed by atoms with Crippen molar-refractivity contribution >= 4 is 17.7 Å². The number of amides is 1. The first kappa shape index (κ1) is 20.1. The van der Waals surface area contributed by atoms with E-state index in [1.807, 2.05) is 57.2 Å². The van der Waals surface area contributed by atoms with E-state index in [9.17, 15) is 4.79 Å². The number of tetrazole rings is 1. The number of carbonyl (C=O) groups is 1. The van der Waals surface area contributed by atoms with Gasteiger partial charge in [-0.25, -0.2) is 4.68 Å². The quantitative estimate of drug-likeness (QED) is 0.590. The van der Waals surface area contributed by atoms with E-state index in [0.29, 0.717) is 30.4 Å². The Morgan fingerprint density at radius 1 is 1.10 bits per heavy atom. The minimum absolute atomic E-state index is 0.247. The topological polar surface area (TPSA) is 91.2 Å². The summed E-state index contributed by atoms with van der Waals surface area (Å²) in [6.45, 7) is 6.87. The molecule has 3 aromatic rings. The van der Waals surface area contributed by atoms with E-state index < -0.39 is 0 Å². The lowest BCUT2D eigenvalue weighted by atomic mass is 10.1. The first-order valence-electron chi connectivity index (χ1n) is 9.33. The fourth-order valence-electron chi connectivity index (χ4n) is 2.73. The molecule has 2 aromatic carbocycles. The predicted molar refractivity (Wildman–Crippen MR) is 110 cm³/mol. The molecule has 0 saturated heterocycles. The second-order valence-electron chi connectivity index (χ2n) is 6.15. The number of hydrogen-bond donors (Lipinski definition) is 1. The normalized spacial score (nSPS) is 10.9. The van der Waals surface area contributed by atoms with E-state index >= 15 is 0 Å². The van der Waals surface area contributed by atoms with Crippen LogP contribution in [0.3, 0.4) is 0 Å².